The van der Waals surface area contributed by atoms with Crippen LogP contribution in [0.25, 0.3) is 0 Å². The van der Waals surface area contributed by atoms with Gasteiger partial charge in [0.15, 0.2) is 0 Å². The van der Waals surface area contributed by atoms with Gasteiger partial charge in [0.1, 0.15) is 0 Å². The minimum absolute atomic E-state index is 0.0571. The van der Waals surface area contributed by atoms with Crippen LogP contribution in [0.5, 0.6) is 0 Å². The number of ether oxygens (including phenoxy) is 1. The zero-order valence-corrected chi connectivity index (χ0v) is 12.5. The molecule has 0 aromatic heterocycles. The second kappa shape index (κ2) is 7.22. The Hall–Kier alpha value is -1.64. The average Bonchev–Trinajstić information content (AvgIpc) is 2.48. The minimum atomic E-state index is 0.0571. The number of likely N-dealkylation sites (N-methyl/N-ethyl adjacent to an activating group) is 1. The van der Waals surface area contributed by atoms with Crippen LogP contribution >= 0.6 is 0 Å². The van der Waals surface area contributed by atoms with Gasteiger partial charge < -0.3 is 10.1 Å². The van der Waals surface area contributed by atoms with Crippen molar-refractivity contribution in [2.24, 2.45) is 0 Å². The average molecular weight is 269 g/mol. The summed E-state index contributed by atoms with van der Waals surface area (Å²) in [6.07, 6.45) is 1.01. The van der Waals surface area contributed by atoms with Gasteiger partial charge in [0, 0.05) is 13.2 Å². The van der Waals surface area contributed by atoms with E-state index in [1.54, 1.807) is 7.11 Å². The number of benzene rings is 2. The first-order valence-electron chi connectivity index (χ1n) is 7.05. The largest absolute Gasteiger partial charge is 0.375 e. The highest BCUT2D eigenvalue weighted by molar-refractivity contribution is 5.25. The maximum absolute atomic E-state index is 5.73. The molecule has 2 rings (SSSR count). The maximum Gasteiger partial charge on any atom is 0.0977 e. The molecule has 2 aromatic carbocycles. The molecule has 0 radical (unpaired) electrons. The Morgan fingerprint density at radius 3 is 2.40 bits per heavy atom. The van der Waals surface area contributed by atoms with Crippen LogP contribution in [0.15, 0.2) is 54.6 Å². The highest BCUT2D eigenvalue weighted by atomic mass is 16.5. The molecule has 0 spiro atoms. The molecule has 0 aliphatic rings. The van der Waals surface area contributed by atoms with Gasteiger partial charge in [-0.15, -0.1) is 0 Å². The molecule has 0 bridgehead atoms. The van der Waals surface area contributed by atoms with E-state index in [4.69, 9.17) is 4.74 Å². The lowest BCUT2D eigenvalue weighted by Crippen LogP contribution is -2.35. The summed E-state index contributed by atoms with van der Waals surface area (Å²) in [5.41, 5.74) is 3.84. The van der Waals surface area contributed by atoms with Crippen molar-refractivity contribution in [3.05, 3.63) is 71.3 Å². The van der Waals surface area contributed by atoms with Gasteiger partial charge in [0.25, 0.3) is 0 Å². The molecule has 20 heavy (non-hydrogen) atoms. The lowest BCUT2D eigenvalue weighted by atomic mass is 9.95. The van der Waals surface area contributed by atoms with E-state index < -0.39 is 0 Å². The smallest absolute Gasteiger partial charge is 0.0977 e. The van der Waals surface area contributed by atoms with Crippen LogP contribution in [0.4, 0.5) is 0 Å². The monoisotopic (exact) mass is 269 g/mol. The molecule has 2 unspecified atom stereocenters. The third-order valence-electron chi connectivity index (χ3n) is 3.66. The van der Waals surface area contributed by atoms with Crippen LogP contribution in [-0.4, -0.2) is 20.2 Å². The number of aryl methyl sites for hydroxylation is 1. The number of methoxy groups -OCH3 is 1. The first-order valence-corrected chi connectivity index (χ1v) is 7.05. The quantitative estimate of drug-likeness (QED) is 0.866. The van der Waals surface area contributed by atoms with Crippen molar-refractivity contribution >= 4 is 0 Å². The van der Waals surface area contributed by atoms with E-state index in [0.29, 0.717) is 0 Å². The van der Waals surface area contributed by atoms with Crippen LogP contribution in [-0.2, 0) is 11.2 Å². The van der Waals surface area contributed by atoms with Crippen LogP contribution in [0.1, 0.15) is 22.8 Å². The predicted octanol–water partition coefficient (Wildman–Crippen LogP) is 3.51. The summed E-state index contributed by atoms with van der Waals surface area (Å²) in [4.78, 5) is 0. The highest BCUT2D eigenvalue weighted by Crippen LogP contribution is 2.23. The van der Waals surface area contributed by atoms with Crippen LogP contribution in [0, 0.1) is 6.92 Å². The number of hydrogen-bond donors (Lipinski definition) is 1. The van der Waals surface area contributed by atoms with Crippen molar-refractivity contribution in [3.63, 3.8) is 0 Å². The van der Waals surface area contributed by atoms with Crippen molar-refractivity contribution in [2.45, 2.75) is 25.5 Å². The Bertz CT molecular complexity index is 524. The number of rotatable bonds is 6. The molecule has 2 nitrogen and oxygen atoms in total. The van der Waals surface area contributed by atoms with E-state index in [9.17, 15) is 0 Å². The second-order valence-corrected chi connectivity index (χ2v) is 5.16. The van der Waals surface area contributed by atoms with E-state index in [2.05, 4.69) is 60.8 Å². The Kier molecular flexibility index (Phi) is 5.33. The molecule has 1 N–H and O–H groups in total. The molecule has 0 fully saturated rings. The van der Waals surface area contributed by atoms with Gasteiger partial charge in [0.05, 0.1) is 6.10 Å². The summed E-state index contributed by atoms with van der Waals surface area (Å²) < 4.78 is 5.73. The molecule has 0 saturated heterocycles. The van der Waals surface area contributed by atoms with Crippen molar-refractivity contribution in [1.82, 2.24) is 5.32 Å². The minimum Gasteiger partial charge on any atom is -0.375 e. The molecular weight excluding hydrogens is 246 g/mol. The van der Waals surface area contributed by atoms with Crippen molar-refractivity contribution in [2.75, 3.05) is 14.2 Å². The van der Waals surface area contributed by atoms with Gasteiger partial charge in [-0.1, -0.05) is 60.2 Å². The standard InChI is InChI=1S/C18H23NO/c1-14-8-7-9-15(12-14)13-17(19-2)18(20-3)16-10-5-4-6-11-16/h4-12,17-19H,13H2,1-3H3. The fourth-order valence-electron chi connectivity index (χ4n) is 2.63. The lowest BCUT2D eigenvalue weighted by Gasteiger charge is -2.26. The second-order valence-electron chi connectivity index (χ2n) is 5.16. The molecule has 2 heteroatoms. The van der Waals surface area contributed by atoms with Crippen molar-refractivity contribution < 1.29 is 4.74 Å². The SMILES string of the molecule is CNC(Cc1cccc(C)c1)C(OC)c1ccccc1. The fourth-order valence-corrected chi connectivity index (χ4v) is 2.63. The van der Waals surface area contributed by atoms with Crippen LogP contribution in [0.3, 0.4) is 0 Å². The molecule has 0 saturated carbocycles. The zero-order valence-electron chi connectivity index (χ0n) is 12.5. The zero-order chi connectivity index (χ0) is 14.4. The Labute approximate surface area is 121 Å². The summed E-state index contributed by atoms with van der Waals surface area (Å²) >= 11 is 0. The summed E-state index contributed by atoms with van der Waals surface area (Å²) in [6, 6.07) is 19.3. The lowest BCUT2D eigenvalue weighted by molar-refractivity contribution is 0.0704. The Morgan fingerprint density at radius 1 is 1.05 bits per heavy atom. The molecule has 0 amide bonds. The molecular formula is C18H23NO. The topological polar surface area (TPSA) is 21.3 Å². The summed E-state index contributed by atoms with van der Waals surface area (Å²) in [5.74, 6) is 0. The van der Waals surface area contributed by atoms with Gasteiger partial charge in [-0.25, -0.2) is 0 Å². The Morgan fingerprint density at radius 2 is 1.80 bits per heavy atom. The summed E-state index contributed by atoms with van der Waals surface area (Å²) in [6.45, 7) is 2.13. The normalized spacial score (nSPS) is 13.9. The van der Waals surface area contributed by atoms with Crippen LogP contribution in [0.2, 0.25) is 0 Å². The molecule has 0 heterocycles. The predicted molar refractivity (Wildman–Crippen MR) is 83.9 cm³/mol. The van der Waals surface area contributed by atoms with Crippen molar-refractivity contribution in [1.29, 1.82) is 0 Å². The van der Waals surface area contributed by atoms with Crippen LogP contribution < -0.4 is 5.32 Å². The first kappa shape index (κ1) is 14.8. The molecule has 106 valence electrons. The molecule has 2 atom stereocenters. The van der Waals surface area contributed by atoms with E-state index in [-0.39, 0.29) is 12.1 Å². The van der Waals surface area contributed by atoms with Gasteiger partial charge in [-0.3, -0.25) is 0 Å². The maximum atomic E-state index is 5.73. The molecule has 0 aliphatic carbocycles. The number of nitrogens with one attached hydrogen (secondary N) is 1. The van der Waals surface area contributed by atoms with Gasteiger partial charge >= 0.3 is 0 Å². The Balaban J connectivity index is 2.18. The molecule has 2 aromatic rings. The summed E-state index contributed by atoms with van der Waals surface area (Å²) in [5, 5.41) is 3.39. The third kappa shape index (κ3) is 3.69. The molecule has 0 aliphatic heterocycles. The summed E-state index contributed by atoms with van der Waals surface area (Å²) in [7, 11) is 3.77. The van der Waals surface area contributed by atoms with E-state index >= 15 is 0 Å². The first-order chi connectivity index (χ1) is 9.74. The van der Waals surface area contributed by atoms with E-state index in [1.165, 1.54) is 16.7 Å². The highest BCUT2D eigenvalue weighted by Gasteiger charge is 2.21. The van der Waals surface area contributed by atoms with Gasteiger partial charge in [-0.2, -0.15) is 0 Å². The fraction of sp³-hybridized carbons (Fsp3) is 0.333. The van der Waals surface area contributed by atoms with E-state index in [1.807, 2.05) is 13.1 Å². The number of hydrogen-bond acceptors (Lipinski definition) is 2. The van der Waals surface area contributed by atoms with Crippen molar-refractivity contribution in [3.8, 4) is 0 Å². The van der Waals surface area contributed by atoms with Gasteiger partial charge in [0.2, 0.25) is 0 Å². The van der Waals surface area contributed by atoms with E-state index in [0.717, 1.165) is 6.42 Å². The third-order valence-corrected chi connectivity index (χ3v) is 3.66. The van der Waals surface area contributed by atoms with Gasteiger partial charge in [-0.05, 0) is 31.5 Å².